The number of H-pyrrole nitrogens is 1. The van der Waals surface area contributed by atoms with Gasteiger partial charge in [-0.2, -0.15) is 5.10 Å². The van der Waals surface area contributed by atoms with Crippen LogP contribution >= 0.6 is 11.6 Å². The summed E-state index contributed by atoms with van der Waals surface area (Å²) in [5, 5.41) is 6.32. The summed E-state index contributed by atoms with van der Waals surface area (Å²) in [6.45, 7) is 3.43. The molecule has 2 atom stereocenters. The van der Waals surface area contributed by atoms with E-state index in [1.165, 1.54) is 10.7 Å². The van der Waals surface area contributed by atoms with Crippen LogP contribution in [0.4, 0.5) is 5.82 Å². The van der Waals surface area contributed by atoms with Crippen molar-refractivity contribution in [2.75, 3.05) is 23.9 Å². The number of anilines is 1. The molecule has 1 aliphatic rings. The van der Waals surface area contributed by atoms with Crippen molar-refractivity contribution in [3.63, 3.8) is 0 Å². The van der Waals surface area contributed by atoms with Crippen molar-refractivity contribution >= 4 is 23.1 Å². The zero-order valence-corrected chi connectivity index (χ0v) is 11.2. The van der Waals surface area contributed by atoms with E-state index in [0.29, 0.717) is 18.1 Å². The van der Waals surface area contributed by atoms with Crippen molar-refractivity contribution in [2.45, 2.75) is 19.1 Å². The van der Waals surface area contributed by atoms with E-state index in [9.17, 15) is 4.79 Å². The molecule has 3 heterocycles. The molecule has 0 saturated carbocycles. The van der Waals surface area contributed by atoms with Crippen LogP contribution in [-0.4, -0.2) is 50.8 Å². The molecule has 1 saturated heterocycles. The van der Waals surface area contributed by atoms with Gasteiger partial charge in [-0.25, -0.2) is 19.3 Å². The van der Waals surface area contributed by atoms with Crippen molar-refractivity contribution in [3.05, 3.63) is 22.9 Å². The number of halogens is 1. The molecule has 1 aliphatic heterocycles. The molecule has 0 bridgehead atoms. The molecule has 0 aromatic carbocycles. The Morgan fingerprint density at radius 1 is 1.58 bits per heavy atom. The predicted molar refractivity (Wildman–Crippen MR) is 70.9 cm³/mol. The highest BCUT2D eigenvalue weighted by Gasteiger charge is 2.25. The number of nitrogens with zero attached hydrogens (tertiary/aromatic N) is 4. The Balaban J connectivity index is 1.92. The minimum absolute atomic E-state index is 0.00943. The molecular formula is C11H14ClN5O2. The van der Waals surface area contributed by atoms with E-state index in [0.717, 1.165) is 12.4 Å². The van der Waals surface area contributed by atoms with Gasteiger partial charge >= 0.3 is 5.69 Å². The lowest BCUT2D eigenvalue weighted by Gasteiger charge is -2.36. The van der Waals surface area contributed by atoms with Crippen LogP contribution in [0.5, 0.6) is 0 Å². The molecule has 0 aliphatic carbocycles. The number of aromatic nitrogens is 4. The normalized spacial score (nSPS) is 24.0. The number of rotatable bonds is 2. The lowest BCUT2D eigenvalue weighted by atomic mass is 10.2. The Morgan fingerprint density at radius 2 is 2.42 bits per heavy atom. The first-order valence-electron chi connectivity index (χ1n) is 6.06. The lowest BCUT2D eigenvalue weighted by molar-refractivity contribution is -0.00357. The van der Waals surface area contributed by atoms with E-state index >= 15 is 0 Å². The standard InChI is InChI=1S/C11H14ClN5O2/c1-7-4-16(5-8(3-12)19-7)9-2-10-14-15-11(18)17(10)6-13-9/h2,6-8H,3-5H2,1H3,(H,15,18). The molecule has 2 unspecified atom stereocenters. The van der Waals surface area contributed by atoms with Gasteiger partial charge in [-0.1, -0.05) is 0 Å². The van der Waals surface area contributed by atoms with Crippen molar-refractivity contribution in [3.8, 4) is 0 Å². The number of nitrogens with one attached hydrogen (secondary N) is 1. The van der Waals surface area contributed by atoms with Gasteiger partial charge in [0, 0.05) is 19.2 Å². The second kappa shape index (κ2) is 4.82. The molecule has 1 N–H and O–H groups in total. The van der Waals surface area contributed by atoms with Gasteiger partial charge in [-0.3, -0.25) is 0 Å². The summed E-state index contributed by atoms with van der Waals surface area (Å²) in [5.74, 6) is 1.22. The van der Waals surface area contributed by atoms with Crippen LogP contribution in [0.3, 0.4) is 0 Å². The van der Waals surface area contributed by atoms with Crippen molar-refractivity contribution in [2.24, 2.45) is 0 Å². The molecular weight excluding hydrogens is 270 g/mol. The molecule has 0 amide bonds. The number of hydrogen-bond donors (Lipinski definition) is 1. The molecule has 8 heteroatoms. The first-order valence-corrected chi connectivity index (χ1v) is 6.60. The van der Waals surface area contributed by atoms with Crippen molar-refractivity contribution in [1.29, 1.82) is 0 Å². The molecule has 0 radical (unpaired) electrons. The molecule has 2 aromatic heterocycles. The fourth-order valence-corrected chi connectivity index (χ4v) is 2.46. The summed E-state index contributed by atoms with van der Waals surface area (Å²) < 4.78 is 7.07. The van der Waals surface area contributed by atoms with E-state index in [4.69, 9.17) is 16.3 Å². The van der Waals surface area contributed by atoms with E-state index in [-0.39, 0.29) is 17.9 Å². The summed E-state index contributed by atoms with van der Waals surface area (Å²) in [5.41, 5.74) is 0.264. The van der Waals surface area contributed by atoms with Crippen molar-refractivity contribution in [1.82, 2.24) is 19.6 Å². The van der Waals surface area contributed by atoms with Crippen molar-refractivity contribution < 1.29 is 4.74 Å². The highest BCUT2D eigenvalue weighted by atomic mass is 35.5. The van der Waals surface area contributed by atoms with E-state index in [2.05, 4.69) is 20.1 Å². The van der Waals surface area contributed by atoms with Gasteiger partial charge < -0.3 is 9.64 Å². The Hall–Kier alpha value is -1.60. The molecule has 2 aromatic rings. The third kappa shape index (κ3) is 2.31. The molecule has 0 spiro atoms. The number of fused-ring (bicyclic) bond motifs is 1. The Bertz CT molecular complexity index is 639. The van der Waals surface area contributed by atoms with Gasteiger partial charge in [-0.15, -0.1) is 11.6 Å². The topological polar surface area (TPSA) is 75.5 Å². The summed E-state index contributed by atoms with van der Waals surface area (Å²) in [6, 6.07) is 1.78. The Labute approximate surface area is 114 Å². The average molecular weight is 284 g/mol. The fourth-order valence-electron chi connectivity index (χ4n) is 2.29. The predicted octanol–water partition coefficient (Wildman–Crippen LogP) is 0.250. The maximum Gasteiger partial charge on any atom is 0.348 e. The zero-order valence-electron chi connectivity index (χ0n) is 10.4. The van der Waals surface area contributed by atoms with Gasteiger partial charge in [0.1, 0.15) is 12.1 Å². The van der Waals surface area contributed by atoms with Crippen LogP contribution in [0.2, 0.25) is 0 Å². The number of ether oxygens (including phenoxy) is 1. The Morgan fingerprint density at radius 3 is 3.21 bits per heavy atom. The van der Waals surface area contributed by atoms with Gasteiger partial charge in [0.25, 0.3) is 0 Å². The van der Waals surface area contributed by atoms with Crippen LogP contribution < -0.4 is 10.6 Å². The zero-order chi connectivity index (χ0) is 13.4. The van der Waals surface area contributed by atoms with Gasteiger partial charge in [0.05, 0.1) is 18.1 Å². The monoisotopic (exact) mass is 283 g/mol. The summed E-state index contributed by atoms with van der Waals surface area (Å²) in [6.07, 6.45) is 1.56. The van der Waals surface area contributed by atoms with E-state index in [1.807, 2.05) is 6.92 Å². The molecule has 7 nitrogen and oxygen atoms in total. The molecule has 1 fully saturated rings. The largest absolute Gasteiger partial charge is 0.370 e. The Kier molecular flexibility index (Phi) is 3.16. The first-order chi connectivity index (χ1) is 9.17. The first kappa shape index (κ1) is 12.4. The lowest BCUT2D eigenvalue weighted by Crippen LogP contribution is -2.47. The third-order valence-corrected chi connectivity index (χ3v) is 3.46. The van der Waals surface area contributed by atoms with Gasteiger partial charge in [0.15, 0.2) is 5.65 Å². The summed E-state index contributed by atoms with van der Waals surface area (Å²) >= 11 is 5.86. The highest BCUT2D eigenvalue weighted by Crippen LogP contribution is 2.19. The number of morpholine rings is 1. The van der Waals surface area contributed by atoms with Crippen LogP contribution in [0.25, 0.3) is 5.65 Å². The second-order valence-electron chi connectivity index (χ2n) is 4.63. The van der Waals surface area contributed by atoms with Crippen LogP contribution in [0, 0.1) is 0 Å². The summed E-state index contributed by atoms with van der Waals surface area (Å²) in [7, 11) is 0. The number of hydrogen-bond acceptors (Lipinski definition) is 5. The van der Waals surface area contributed by atoms with Crippen LogP contribution in [-0.2, 0) is 4.74 Å². The maximum atomic E-state index is 11.4. The van der Waals surface area contributed by atoms with E-state index < -0.39 is 0 Å². The average Bonchev–Trinajstić information content (AvgIpc) is 2.79. The van der Waals surface area contributed by atoms with Crippen LogP contribution in [0.15, 0.2) is 17.2 Å². The maximum absolute atomic E-state index is 11.4. The molecule has 102 valence electrons. The smallest absolute Gasteiger partial charge is 0.348 e. The minimum atomic E-state index is -0.289. The van der Waals surface area contributed by atoms with Crippen LogP contribution in [0.1, 0.15) is 6.92 Å². The SMILES string of the molecule is CC1CN(c2cc3n[nH]c(=O)n3cn2)CC(CCl)O1. The number of alkyl halides is 1. The van der Waals surface area contributed by atoms with Gasteiger partial charge in [-0.05, 0) is 6.92 Å². The highest BCUT2D eigenvalue weighted by molar-refractivity contribution is 6.18. The molecule has 19 heavy (non-hydrogen) atoms. The van der Waals surface area contributed by atoms with E-state index in [1.54, 1.807) is 6.07 Å². The quantitative estimate of drug-likeness (QED) is 0.800. The second-order valence-corrected chi connectivity index (χ2v) is 4.94. The summed E-state index contributed by atoms with van der Waals surface area (Å²) in [4.78, 5) is 17.8. The minimum Gasteiger partial charge on any atom is -0.370 e. The third-order valence-electron chi connectivity index (χ3n) is 3.12. The van der Waals surface area contributed by atoms with Gasteiger partial charge in [0.2, 0.25) is 0 Å². The molecule has 3 rings (SSSR count). The number of aromatic amines is 1. The fraction of sp³-hybridized carbons (Fsp3) is 0.545.